The number of fused-ring (bicyclic) bond motifs is 1. The first-order chi connectivity index (χ1) is 13.6. The molecule has 7 heteroatoms. The number of nitrogens with zero attached hydrogens (tertiary/aromatic N) is 3. The number of piperazine rings is 1. The Morgan fingerprint density at radius 2 is 1.71 bits per heavy atom. The summed E-state index contributed by atoms with van der Waals surface area (Å²) >= 11 is 0. The van der Waals surface area contributed by atoms with Crippen LogP contribution in [0.5, 0.6) is 0 Å². The highest BCUT2D eigenvalue weighted by Crippen LogP contribution is 2.31. The molecule has 1 N–H and O–H groups in total. The Morgan fingerprint density at radius 3 is 2.46 bits per heavy atom. The van der Waals surface area contributed by atoms with Crippen LogP contribution in [-0.2, 0) is 20.7 Å². The fraction of sp³-hybridized carbons (Fsp3) is 0.619. The number of quaternary nitrogens is 1. The third-order valence-electron chi connectivity index (χ3n) is 6.24. The van der Waals surface area contributed by atoms with Crippen molar-refractivity contribution in [1.82, 2.24) is 9.80 Å². The number of morpholine rings is 1. The largest absolute Gasteiger partial charge is 0.378 e. The molecule has 3 aliphatic rings. The fourth-order valence-electron chi connectivity index (χ4n) is 4.50. The maximum absolute atomic E-state index is 12.9. The lowest BCUT2D eigenvalue weighted by atomic mass is 10.1. The Bertz CT molecular complexity index is 711. The van der Waals surface area contributed by atoms with Crippen molar-refractivity contribution >= 4 is 17.5 Å². The van der Waals surface area contributed by atoms with Crippen molar-refractivity contribution in [3.63, 3.8) is 0 Å². The van der Waals surface area contributed by atoms with Crippen LogP contribution >= 0.6 is 0 Å². The third-order valence-corrected chi connectivity index (χ3v) is 6.24. The summed E-state index contributed by atoms with van der Waals surface area (Å²) in [4.78, 5) is 32.7. The molecule has 2 saturated heterocycles. The second-order valence-electron chi connectivity index (χ2n) is 8.11. The van der Waals surface area contributed by atoms with E-state index in [2.05, 4.69) is 30.0 Å². The van der Waals surface area contributed by atoms with Crippen LogP contribution in [-0.4, -0.2) is 93.2 Å². The molecule has 28 heavy (non-hydrogen) atoms. The minimum atomic E-state index is 0.196. The molecule has 1 atom stereocenters. The molecule has 152 valence electrons. The van der Waals surface area contributed by atoms with Gasteiger partial charge in [-0.15, -0.1) is 0 Å². The van der Waals surface area contributed by atoms with Crippen molar-refractivity contribution < 1.29 is 19.2 Å². The van der Waals surface area contributed by atoms with Crippen LogP contribution in [0, 0.1) is 0 Å². The highest BCUT2D eigenvalue weighted by molar-refractivity contribution is 5.83. The summed E-state index contributed by atoms with van der Waals surface area (Å²) in [5.74, 6) is 0.405. The van der Waals surface area contributed by atoms with Gasteiger partial charge < -0.3 is 24.3 Å². The SMILES string of the molecule is C[C@@H]1Cc2ccccc2N1CC(=O)N1CC[NH+](CC(=O)N2CCOCC2)CC1. The Labute approximate surface area is 166 Å². The highest BCUT2D eigenvalue weighted by atomic mass is 16.5. The summed E-state index contributed by atoms with van der Waals surface area (Å²) in [6.45, 7) is 8.98. The smallest absolute Gasteiger partial charge is 0.277 e. The maximum Gasteiger partial charge on any atom is 0.277 e. The lowest BCUT2D eigenvalue weighted by molar-refractivity contribution is -0.896. The van der Waals surface area contributed by atoms with Gasteiger partial charge in [0, 0.05) is 24.8 Å². The predicted octanol–water partition coefficient (Wildman–Crippen LogP) is -0.976. The van der Waals surface area contributed by atoms with Gasteiger partial charge in [-0.25, -0.2) is 0 Å². The number of anilines is 1. The molecule has 2 fully saturated rings. The molecule has 0 unspecified atom stereocenters. The zero-order valence-corrected chi connectivity index (χ0v) is 16.7. The average molecular weight is 388 g/mol. The first-order valence-corrected chi connectivity index (χ1v) is 10.4. The van der Waals surface area contributed by atoms with Gasteiger partial charge >= 0.3 is 0 Å². The topological polar surface area (TPSA) is 57.5 Å². The van der Waals surface area contributed by atoms with Crippen molar-refractivity contribution in [3.05, 3.63) is 29.8 Å². The van der Waals surface area contributed by atoms with E-state index in [0.717, 1.165) is 32.6 Å². The summed E-state index contributed by atoms with van der Waals surface area (Å²) in [5.41, 5.74) is 2.53. The van der Waals surface area contributed by atoms with Gasteiger partial charge in [-0.2, -0.15) is 0 Å². The summed E-state index contributed by atoms with van der Waals surface area (Å²) in [7, 11) is 0. The van der Waals surface area contributed by atoms with Crippen LogP contribution in [0.25, 0.3) is 0 Å². The molecule has 3 heterocycles. The van der Waals surface area contributed by atoms with Gasteiger partial charge in [-0.1, -0.05) is 18.2 Å². The molecule has 1 aromatic rings. The number of carbonyl (C=O) groups excluding carboxylic acids is 2. The number of amides is 2. The molecule has 0 spiro atoms. The van der Waals surface area contributed by atoms with Gasteiger partial charge in [0.15, 0.2) is 6.54 Å². The van der Waals surface area contributed by atoms with Crippen molar-refractivity contribution in [2.75, 3.05) is 70.5 Å². The molecule has 0 aliphatic carbocycles. The molecular weight excluding hydrogens is 356 g/mol. The Hall–Kier alpha value is -2.12. The van der Waals surface area contributed by atoms with Crippen molar-refractivity contribution in [1.29, 1.82) is 0 Å². The van der Waals surface area contributed by atoms with Gasteiger partial charge in [0.05, 0.1) is 45.9 Å². The van der Waals surface area contributed by atoms with Crippen LogP contribution in [0.4, 0.5) is 5.69 Å². The molecule has 2 amide bonds. The first-order valence-electron chi connectivity index (χ1n) is 10.4. The molecule has 0 saturated carbocycles. The van der Waals surface area contributed by atoms with E-state index in [1.165, 1.54) is 16.2 Å². The van der Waals surface area contributed by atoms with E-state index in [9.17, 15) is 9.59 Å². The van der Waals surface area contributed by atoms with E-state index in [-0.39, 0.29) is 11.8 Å². The number of carbonyl (C=O) groups is 2. The van der Waals surface area contributed by atoms with Crippen LogP contribution in [0.2, 0.25) is 0 Å². The number of nitrogens with one attached hydrogen (secondary N) is 1. The van der Waals surface area contributed by atoms with E-state index in [0.29, 0.717) is 45.4 Å². The van der Waals surface area contributed by atoms with E-state index in [1.54, 1.807) is 0 Å². The van der Waals surface area contributed by atoms with Crippen molar-refractivity contribution in [2.24, 2.45) is 0 Å². The number of ether oxygens (including phenoxy) is 1. The van der Waals surface area contributed by atoms with Crippen molar-refractivity contribution in [2.45, 2.75) is 19.4 Å². The first kappa shape index (κ1) is 19.2. The summed E-state index contributed by atoms with van der Waals surface area (Å²) in [6, 6.07) is 8.74. The molecule has 0 radical (unpaired) electrons. The number of rotatable bonds is 4. The van der Waals surface area contributed by atoms with Crippen LogP contribution in [0.3, 0.4) is 0 Å². The quantitative estimate of drug-likeness (QED) is 0.722. The molecule has 4 rings (SSSR count). The number of benzene rings is 1. The molecule has 7 nitrogen and oxygen atoms in total. The second-order valence-corrected chi connectivity index (χ2v) is 8.11. The van der Waals surface area contributed by atoms with Gasteiger partial charge in [-0.05, 0) is 25.0 Å². The highest BCUT2D eigenvalue weighted by Gasteiger charge is 2.31. The van der Waals surface area contributed by atoms with Gasteiger partial charge in [0.25, 0.3) is 5.91 Å². The lowest BCUT2D eigenvalue weighted by Crippen LogP contribution is -3.15. The van der Waals surface area contributed by atoms with E-state index in [4.69, 9.17) is 4.74 Å². The van der Waals surface area contributed by atoms with E-state index < -0.39 is 0 Å². The lowest BCUT2D eigenvalue weighted by Gasteiger charge is -2.35. The van der Waals surface area contributed by atoms with E-state index >= 15 is 0 Å². The zero-order valence-electron chi connectivity index (χ0n) is 16.7. The molecule has 0 bridgehead atoms. The normalized spacial score (nSPS) is 23.0. The molecule has 1 aromatic carbocycles. The molecule has 3 aliphatic heterocycles. The van der Waals surface area contributed by atoms with E-state index in [1.807, 2.05) is 15.9 Å². The molecule has 0 aromatic heterocycles. The minimum Gasteiger partial charge on any atom is -0.378 e. The standard InChI is InChI=1S/C21H30N4O3/c1-17-14-18-4-2-3-5-19(18)25(17)16-21(27)23-8-6-22(7-9-23)15-20(26)24-10-12-28-13-11-24/h2-5,17H,6-16H2,1H3/p+1/t17-/m1/s1. The number of para-hydroxylation sites is 1. The number of hydrogen-bond donors (Lipinski definition) is 1. The third kappa shape index (κ3) is 4.15. The van der Waals surface area contributed by atoms with Gasteiger partial charge in [-0.3, -0.25) is 9.59 Å². The maximum atomic E-state index is 12.9. The average Bonchev–Trinajstić information content (AvgIpc) is 3.04. The van der Waals surface area contributed by atoms with Crippen LogP contribution < -0.4 is 9.80 Å². The zero-order chi connectivity index (χ0) is 19.5. The van der Waals surface area contributed by atoms with Gasteiger partial charge in [0.1, 0.15) is 0 Å². The Balaban J connectivity index is 1.26. The van der Waals surface area contributed by atoms with Crippen LogP contribution in [0.1, 0.15) is 12.5 Å². The monoisotopic (exact) mass is 387 g/mol. The summed E-state index contributed by atoms with van der Waals surface area (Å²) in [5, 5.41) is 0. The summed E-state index contributed by atoms with van der Waals surface area (Å²) < 4.78 is 5.32. The Kier molecular flexibility index (Phi) is 5.82. The van der Waals surface area contributed by atoms with Crippen molar-refractivity contribution in [3.8, 4) is 0 Å². The van der Waals surface area contributed by atoms with Crippen LogP contribution in [0.15, 0.2) is 24.3 Å². The van der Waals surface area contributed by atoms with Gasteiger partial charge in [0.2, 0.25) is 5.91 Å². The summed E-state index contributed by atoms with van der Waals surface area (Å²) in [6.07, 6.45) is 1.00. The molecular formula is C21H31N4O3+. The number of hydrogen-bond acceptors (Lipinski definition) is 4. The minimum absolute atomic E-state index is 0.196. The predicted molar refractivity (Wildman–Crippen MR) is 106 cm³/mol. The fourth-order valence-corrected chi connectivity index (χ4v) is 4.50. The second kappa shape index (κ2) is 8.49. The Morgan fingerprint density at radius 1 is 1.04 bits per heavy atom.